The zero-order chi connectivity index (χ0) is 17.9. The molecule has 2 N–H and O–H groups in total. The molecule has 1 fully saturated rings. The Morgan fingerprint density at radius 1 is 1.12 bits per heavy atom. The minimum absolute atomic E-state index is 0.0898. The Morgan fingerprint density at radius 3 is 2.58 bits per heavy atom. The Bertz CT molecular complexity index is 909. The minimum Gasteiger partial charge on any atom is -0.340 e. The van der Waals surface area contributed by atoms with Crippen LogP contribution in [0.5, 0.6) is 0 Å². The van der Waals surface area contributed by atoms with E-state index in [0.717, 1.165) is 11.3 Å². The number of H-pyrrole nitrogens is 1. The van der Waals surface area contributed by atoms with E-state index in [-0.39, 0.29) is 11.8 Å². The number of aromatic nitrogens is 4. The van der Waals surface area contributed by atoms with Gasteiger partial charge in [0.05, 0.1) is 0 Å². The number of tetrazole rings is 1. The highest BCUT2D eigenvalue weighted by Gasteiger charge is 2.33. The van der Waals surface area contributed by atoms with E-state index < -0.39 is 6.04 Å². The molecule has 1 aliphatic heterocycles. The fourth-order valence-corrected chi connectivity index (χ4v) is 2.97. The van der Waals surface area contributed by atoms with Gasteiger partial charge >= 0.3 is 0 Å². The Balaban J connectivity index is 1.43. The second kappa shape index (κ2) is 6.75. The number of carbonyl (C=O) groups is 2. The summed E-state index contributed by atoms with van der Waals surface area (Å²) in [5.74, 6) is 0.0901. The molecule has 0 radical (unpaired) electrons. The lowest BCUT2D eigenvalue weighted by molar-refractivity contribution is -0.118. The zero-order valence-corrected chi connectivity index (χ0v) is 13.8. The first-order valence-corrected chi connectivity index (χ1v) is 8.23. The average Bonchev–Trinajstić information content (AvgIpc) is 3.34. The van der Waals surface area contributed by atoms with Crippen LogP contribution in [0.3, 0.4) is 0 Å². The number of hydrogen-bond donors (Lipinski definition) is 2. The van der Waals surface area contributed by atoms with Crippen molar-refractivity contribution in [2.24, 2.45) is 0 Å². The summed E-state index contributed by atoms with van der Waals surface area (Å²) in [4.78, 5) is 26.7. The number of para-hydroxylation sites is 1. The molecule has 26 heavy (non-hydrogen) atoms. The second-order valence-corrected chi connectivity index (χ2v) is 5.95. The third-order valence-electron chi connectivity index (χ3n) is 4.33. The summed E-state index contributed by atoms with van der Waals surface area (Å²) in [5, 5.41) is 16.5. The van der Waals surface area contributed by atoms with Crippen molar-refractivity contribution in [2.75, 3.05) is 11.4 Å². The number of anilines is 1. The Labute approximate surface area is 149 Å². The molecule has 1 aliphatic rings. The predicted molar refractivity (Wildman–Crippen MR) is 94.3 cm³/mol. The van der Waals surface area contributed by atoms with Gasteiger partial charge in [-0.15, -0.1) is 10.2 Å². The number of aromatic amines is 1. The van der Waals surface area contributed by atoms with Gasteiger partial charge in [0, 0.05) is 23.4 Å². The highest BCUT2D eigenvalue weighted by atomic mass is 16.2. The third-order valence-corrected chi connectivity index (χ3v) is 4.33. The third kappa shape index (κ3) is 3.04. The molecule has 1 saturated heterocycles. The standard InChI is InChI=1S/C18H16N6O2/c25-17(13-8-6-12(7-9-13)16-20-22-23-21-16)19-15-10-11-24(18(15)26)14-4-2-1-3-5-14/h1-9,15H,10-11H2,(H,19,25)(H,20,21,22,23). The van der Waals surface area contributed by atoms with Gasteiger partial charge in [-0.2, -0.15) is 5.21 Å². The molecule has 1 atom stereocenters. The van der Waals surface area contributed by atoms with Gasteiger partial charge < -0.3 is 10.2 Å². The molecule has 2 heterocycles. The Kier molecular flexibility index (Phi) is 4.14. The molecule has 0 bridgehead atoms. The molecular formula is C18H16N6O2. The van der Waals surface area contributed by atoms with Crippen LogP contribution in [0, 0.1) is 0 Å². The molecule has 1 unspecified atom stereocenters. The first-order valence-electron chi connectivity index (χ1n) is 8.23. The van der Waals surface area contributed by atoms with Crippen LogP contribution in [0.25, 0.3) is 11.4 Å². The number of nitrogens with one attached hydrogen (secondary N) is 2. The zero-order valence-electron chi connectivity index (χ0n) is 13.8. The van der Waals surface area contributed by atoms with E-state index in [1.165, 1.54) is 0 Å². The highest BCUT2D eigenvalue weighted by Crippen LogP contribution is 2.21. The van der Waals surface area contributed by atoms with Gasteiger partial charge in [-0.25, -0.2) is 0 Å². The molecule has 1 aromatic heterocycles. The summed E-state index contributed by atoms with van der Waals surface area (Å²) >= 11 is 0. The van der Waals surface area contributed by atoms with Crippen LogP contribution >= 0.6 is 0 Å². The fraction of sp³-hybridized carbons (Fsp3) is 0.167. The van der Waals surface area contributed by atoms with Crippen molar-refractivity contribution < 1.29 is 9.59 Å². The van der Waals surface area contributed by atoms with Gasteiger partial charge in [-0.05, 0) is 35.9 Å². The normalized spacial score (nSPS) is 16.7. The van der Waals surface area contributed by atoms with E-state index in [9.17, 15) is 9.59 Å². The molecule has 0 aliphatic carbocycles. The van der Waals surface area contributed by atoms with Gasteiger partial charge in [0.1, 0.15) is 6.04 Å². The van der Waals surface area contributed by atoms with Crippen LogP contribution < -0.4 is 10.2 Å². The van der Waals surface area contributed by atoms with Crippen LogP contribution in [0.2, 0.25) is 0 Å². The lowest BCUT2D eigenvalue weighted by atomic mass is 10.1. The van der Waals surface area contributed by atoms with Crippen molar-refractivity contribution in [1.82, 2.24) is 25.9 Å². The molecule has 4 rings (SSSR count). The SMILES string of the molecule is O=C(NC1CCN(c2ccccc2)C1=O)c1ccc(-c2nn[nH]n2)cc1. The topological polar surface area (TPSA) is 104 Å². The summed E-state index contributed by atoms with van der Waals surface area (Å²) in [6.07, 6.45) is 0.584. The molecule has 0 saturated carbocycles. The van der Waals surface area contributed by atoms with Gasteiger partial charge in [-0.3, -0.25) is 9.59 Å². The average molecular weight is 348 g/mol. The largest absolute Gasteiger partial charge is 0.340 e. The quantitative estimate of drug-likeness (QED) is 0.742. The van der Waals surface area contributed by atoms with Crippen molar-refractivity contribution in [3.05, 3.63) is 60.2 Å². The lowest BCUT2D eigenvalue weighted by Gasteiger charge is -2.17. The lowest BCUT2D eigenvalue weighted by Crippen LogP contribution is -2.41. The molecule has 2 aromatic carbocycles. The van der Waals surface area contributed by atoms with Gasteiger partial charge in [0.15, 0.2) is 0 Å². The molecule has 3 aromatic rings. The summed E-state index contributed by atoms with van der Waals surface area (Å²) < 4.78 is 0. The molecular weight excluding hydrogens is 332 g/mol. The van der Waals surface area contributed by atoms with Crippen LogP contribution in [0.4, 0.5) is 5.69 Å². The number of rotatable bonds is 4. The van der Waals surface area contributed by atoms with Crippen molar-refractivity contribution in [1.29, 1.82) is 0 Å². The molecule has 0 spiro atoms. The van der Waals surface area contributed by atoms with Crippen LogP contribution in [-0.4, -0.2) is 45.0 Å². The smallest absolute Gasteiger partial charge is 0.251 e. The van der Waals surface area contributed by atoms with E-state index in [1.54, 1.807) is 29.2 Å². The number of hydrogen-bond acceptors (Lipinski definition) is 5. The van der Waals surface area contributed by atoms with E-state index >= 15 is 0 Å². The van der Waals surface area contributed by atoms with Crippen LogP contribution in [0.1, 0.15) is 16.8 Å². The predicted octanol–water partition coefficient (Wildman–Crippen LogP) is 1.40. The van der Waals surface area contributed by atoms with Crippen molar-refractivity contribution >= 4 is 17.5 Å². The molecule has 130 valence electrons. The second-order valence-electron chi connectivity index (χ2n) is 5.95. The monoisotopic (exact) mass is 348 g/mol. The van der Waals surface area contributed by atoms with Crippen molar-refractivity contribution in [3.8, 4) is 11.4 Å². The highest BCUT2D eigenvalue weighted by molar-refractivity contribution is 6.04. The summed E-state index contributed by atoms with van der Waals surface area (Å²) in [7, 11) is 0. The fourth-order valence-electron chi connectivity index (χ4n) is 2.97. The van der Waals surface area contributed by atoms with Gasteiger partial charge in [0.25, 0.3) is 5.91 Å². The number of benzene rings is 2. The maximum absolute atomic E-state index is 12.6. The molecule has 2 amide bonds. The number of amides is 2. The number of nitrogens with zero attached hydrogens (tertiary/aromatic N) is 4. The molecule has 8 nitrogen and oxygen atoms in total. The van der Waals surface area contributed by atoms with Crippen molar-refractivity contribution in [3.63, 3.8) is 0 Å². The van der Waals surface area contributed by atoms with Gasteiger partial charge in [0.2, 0.25) is 11.7 Å². The van der Waals surface area contributed by atoms with E-state index in [0.29, 0.717) is 24.4 Å². The van der Waals surface area contributed by atoms with Crippen molar-refractivity contribution in [2.45, 2.75) is 12.5 Å². The Hall–Kier alpha value is -3.55. The summed E-state index contributed by atoms with van der Waals surface area (Å²) in [6, 6.07) is 15.8. The summed E-state index contributed by atoms with van der Waals surface area (Å²) in [6.45, 7) is 0.588. The van der Waals surface area contributed by atoms with E-state index in [4.69, 9.17) is 0 Å². The van der Waals surface area contributed by atoms with Crippen LogP contribution in [0.15, 0.2) is 54.6 Å². The summed E-state index contributed by atoms with van der Waals surface area (Å²) in [5.41, 5.74) is 2.07. The Morgan fingerprint density at radius 2 is 1.88 bits per heavy atom. The minimum atomic E-state index is -0.514. The first kappa shape index (κ1) is 15.9. The van der Waals surface area contributed by atoms with E-state index in [1.807, 2.05) is 30.3 Å². The maximum atomic E-state index is 12.6. The molecule has 8 heteroatoms. The number of carbonyl (C=O) groups excluding carboxylic acids is 2. The van der Waals surface area contributed by atoms with Gasteiger partial charge in [-0.1, -0.05) is 30.3 Å². The van der Waals surface area contributed by atoms with Crippen LogP contribution in [-0.2, 0) is 4.79 Å². The maximum Gasteiger partial charge on any atom is 0.251 e. The first-order chi connectivity index (χ1) is 12.7. The van der Waals surface area contributed by atoms with E-state index in [2.05, 4.69) is 25.9 Å².